The van der Waals surface area contributed by atoms with E-state index in [4.69, 9.17) is 0 Å². The smallest absolute Gasteiger partial charge is 0.398 e. The van der Waals surface area contributed by atoms with Crippen LogP contribution in [-0.2, 0) is 14.3 Å². The van der Waals surface area contributed by atoms with Gasteiger partial charge in [-0.15, -0.1) is 0 Å². The minimum Gasteiger partial charge on any atom is -0.459 e. The average molecular weight is 246 g/mol. The van der Waals surface area contributed by atoms with Gasteiger partial charge in [0.15, 0.2) is 0 Å². The van der Waals surface area contributed by atoms with E-state index in [0.717, 1.165) is 5.56 Å². The highest BCUT2D eigenvalue weighted by Crippen LogP contribution is 1.99. The highest BCUT2D eigenvalue weighted by molar-refractivity contribution is 6.32. The topological polar surface area (TPSA) is 67.8 Å². The Balaban J connectivity index is 2.36. The Kier molecular flexibility index (Phi) is 5.89. The zero-order valence-corrected chi connectivity index (χ0v) is 10.00. The lowest BCUT2D eigenvalue weighted by Gasteiger charge is -1.98. The molecule has 0 aromatic heterocycles. The molecule has 0 aliphatic heterocycles. The van der Waals surface area contributed by atoms with Crippen molar-refractivity contribution in [3.8, 4) is 0 Å². The van der Waals surface area contributed by atoms with E-state index in [1.54, 1.807) is 13.0 Å². The van der Waals surface area contributed by atoms with Crippen LogP contribution >= 0.6 is 0 Å². The molecular weight excluding hydrogens is 232 g/mol. The first-order valence-electron chi connectivity index (χ1n) is 5.46. The van der Waals surface area contributed by atoms with E-state index in [9.17, 15) is 9.59 Å². The molecule has 0 atom stereocenters. The molecule has 18 heavy (non-hydrogen) atoms. The molecule has 0 aliphatic rings. The van der Waals surface area contributed by atoms with Crippen molar-refractivity contribution < 1.29 is 14.3 Å². The Morgan fingerprint density at radius 1 is 1.33 bits per heavy atom. The van der Waals surface area contributed by atoms with E-state index >= 15 is 0 Å². The summed E-state index contributed by atoms with van der Waals surface area (Å²) in [5.41, 5.74) is 3.07. The second kappa shape index (κ2) is 7.78. The number of hydrazone groups is 1. The molecule has 1 amide bonds. The van der Waals surface area contributed by atoms with Crippen LogP contribution in [0, 0.1) is 0 Å². The van der Waals surface area contributed by atoms with Gasteiger partial charge >= 0.3 is 11.9 Å². The van der Waals surface area contributed by atoms with E-state index < -0.39 is 11.9 Å². The fourth-order valence-corrected chi connectivity index (χ4v) is 1.10. The van der Waals surface area contributed by atoms with Gasteiger partial charge in [0, 0.05) is 6.21 Å². The van der Waals surface area contributed by atoms with Gasteiger partial charge in [-0.05, 0) is 18.6 Å². The van der Waals surface area contributed by atoms with Crippen LogP contribution in [0.4, 0.5) is 0 Å². The summed E-state index contributed by atoms with van der Waals surface area (Å²) < 4.78 is 4.49. The first-order chi connectivity index (χ1) is 8.74. The van der Waals surface area contributed by atoms with Gasteiger partial charge < -0.3 is 4.74 Å². The van der Waals surface area contributed by atoms with Crippen molar-refractivity contribution in [1.82, 2.24) is 5.43 Å². The number of nitrogens with one attached hydrogen (secondary N) is 1. The fourth-order valence-electron chi connectivity index (χ4n) is 1.10. The molecule has 1 rings (SSSR count). The number of nitrogens with zero attached hydrogens (tertiary/aromatic N) is 1. The Hall–Kier alpha value is -2.43. The lowest BCUT2D eigenvalue weighted by atomic mass is 10.2. The molecule has 0 spiro atoms. The predicted octanol–water partition coefficient (Wildman–Crippen LogP) is 1.36. The maximum atomic E-state index is 11.0. The lowest BCUT2D eigenvalue weighted by molar-refractivity contribution is -0.154. The molecule has 0 heterocycles. The van der Waals surface area contributed by atoms with Crippen molar-refractivity contribution in [3.63, 3.8) is 0 Å². The van der Waals surface area contributed by atoms with Gasteiger partial charge in [-0.3, -0.25) is 4.79 Å². The molecule has 0 bridgehead atoms. The van der Waals surface area contributed by atoms with Gasteiger partial charge in [0.2, 0.25) is 0 Å². The minimum absolute atomic E-state index is 0.157. The number of carbonyl (C=O) groups excluding carboxylic acids is 2. The highest BCUT2D eigenvalue weighted by Gasteiger charge is 2.12. The summed E-state index contributed by atoms with van der Waals surface area (Å²) in [6.45, 7) is 1.78. The second-order valence-electron chi connectivity index (χ2n) is 3.21. The maximum Gasteiger partial charge on any atom is 0.398 e. The monoisotopic (exact) mass is 246 g/mol. The molecule has 0 unspecified atom stereocenters. The zero-order chi connectivity index (χ0) is 13.2. The number of rotatable bonds is 4. The highest BCUT2D eigenvalue weighted by atomic mass is 16.5. The van der Waals surface area contributed by atoms with E-state index in [2.05, 4.69) is 15.3 Å². The third-order valence-electron chi connectivity index (χ3n) is 1.88. The van der Waals surface area contributed by atoms with Crippen LogP contribution in [0.2, 0.25) is 0 Å². The van der Waals surface area contributed by atoms with Crippen molar-refractivity contribution in [3.05, 3.63) is 42.0 Å². The summed E-state index contributed by atoms with van der Waals surface area (Å²) in [5, 5.41) is 3.58. The quantitative estimate of drug-likeness (QED) is 0.377. The third-order valence-corrected chi connectivity index (χ3v) is 1.88. The lowest BCUT2D eigenvalue weighted by Crippen LogP contribution is -2.28. The molecule has 0 fully saturated rings. The molecule has 94 valence electrons. The molecule has 1 aromatic carbocycles. The van der Waals surface area contributed by atoms with Gasteiger partial charge in [-0.25, -0.2) is 10.2 Å². The number of allylic oxidation sites excluding steroid dienone is 1. The normalized spacial score (nSPS) is 10.7. The molecule has 0 saturated heterocycles. The molecule has 5 heteroatoms. The van der Waals surface area contributed by atoms with Crippen molar-refractivity contribution in [2.45, 2.75) is 6.92 Å². The van der Waals surface area contributed by atoms with Crippen LogP contribution in [-0.4, -0.2) is 24.7 Å². The van der Waals surface area contributed by atoms with Crippen LogP contribution < -0.4 is 5.43 Å². The number of benzene rings is 1. The SMILES string of the molecule is CCOC(=O)C(=O)N/N=C\C=C\c1ccccc1. The van der Waals surface area contributed by atoms with E-state index in [1.165, 1.54) is 6.21 Å². The van der Waals surface area contributed by atoms with Crippen LogP contribution in [0.5, 0.6) is 0 Å². The van der Waals surface area contributed by atoms with Crippen molar-refractivity contribution in [1.29, 1.82) is 0 Å². The first kappa shape index (κ1) is 13.6. The van der Waals surface area contributed by atoms with Crippen molar-refractivity contribution in [2.75, 3.05) is 6.61 Å². The van der Waals surface area contributed by atoms with E-state index in [0.29, 0.717) is 0 Å². The van der Waals surface area contributed by atoms with Crippen LogP contribution in [0.3, 0.4) is 0 Å². The molecule has 0 radical (unpaired) electrons. The van der Waals surface area contributed by atoms with Gasteiger partial charge in [0.25, 0.3) is 0 Å². The molecule has 5 nitrogen and oxygen atoms in total. The molecule has 1 aromatic rings. The van der Waals surface area contributed by atoms with Gasteiger partial charge in [-0.1, -0.05) is 36.4 Å². The summed E-state index contributed by atoms with van der Waals surface area (Å²) in [6, 6.07) is 9.62. The van der Waals surface area contributed by atoms with Crippen molar-refractivity contribution >= 4 is 24.2 Å². The molecule has 0 aliphatic carbocycles. The Morgan fingerprint density at radius 2 is 2.06 bits per heavy atom. The third kappa shape index (κ3) is 5.07. The van der Waals surface area contributed by atoms with Crippen LogP contribution in [0.15, 0.2) is 41.5 Å². The van der Waals surface area contributed by atoms with Gasteiger partial charge in [-0.2, -0.15) is 5.10 Å². The van der Waals surface area contributed by atoms with Crippen LogP contribution in [0.1, 0.15) is 12.5 Å². The summed E-state index contributed by atoms with van der Waals surface area (Å²) in [6.07, 6.45) is 4.85. The average Bonchev–Trinajstić information content (AvgIpc) is 2.39. The Morgan fingerprint density at radius 3 is 2.72 bits per heavy atom. The number of ether oxygens (including phenoxy) is 1. The number of hydrogen-bond donors (Lipinski definition) is 1. The maximum absolute atomic E-state index is 11.0. The van der Waals surface area contributed by atoms with E-state index in [-0.39, 0.29) is 6.61 Å². The Bertz CT molecular complexity index is 453. The number of esters is 1. The zero-order valence-electron chi connectivity index (χ0n) is 10.00. The second-order valence-corrected chi connectivity index (χ2v) is 3.21. The number of carbonyl (C=O) groups is 2. The summed E-state index contributed by atoms with van der Waals surface area (Å²) in [4.78, 5) is 21.9. The minimum atomic E-state index is -0.943. The number of amides is 1. The molecule has 0 saturated carbocycles. The van der Waals surface area contributed by atoms with Crippen molar-refractivity contribution in [2.24, 2.45) is 5.10 Å². The van der Waals surface area contributed by atoms with E-state index in [1.807, 2.05) is 36.4 Å². The van der Waals surface area contributed by atoms with Gasteiger partial charge in [0.05, 0.1) is 6.61 Å². The van der Waals surface area contributed by atoms with Crippen LogP contribution in [0.25, 0.3) is 6.08 Å². The fraction of sp³-hybridized carbons (Fsp3) is 0.154. The largest absolute Gasteiger partial charge is 0.459 e. The molecular formula is C13H14N2O3. The standard InChI is InChI=1S/C13H14N2O3/c1-2-18-13(17)12(16)15-14-10-6-9-11-7-4-3-5-8-11/h3-10H,2H2,1H3,(H,15,16)/b9-6+,14-10-. The first-order valence-corrected chi connectivity index (χ1v) is 5.46. The summed E-state index contributed by atoms with van der Waals surface area (Å²) in [5.74, 6) is -1.83. The summed E-state index contributed by atoms with van der Waals surface area (Å²) in [7, 11) is 0. The van der Waals surface area contributed by atoms with Gasteiger partial charge in [0.1, 0.15) is 0 Å². The molecule has 1 N–H and O–H groups in total. The summed E-state index contributed by atoms with van der Waals surface area (Å²) >= 11 is 0. The number of hydrogen-bond acceptors (Lipinski definition) is 4. The Labute approximate surface area is 105 Å². The predicted molar refractivity (Wildman–Crippen MR) is 68.7 cm³/mol.